The van der Waals surface area contributed by atoms with Gasteiger partial charge in [0.15, 0.2) is 4.34 Å². The van der Waals surface area contributed by atoms with Gasteiger partial charge in [-0.25, -0.2) is 4.98 Å². The number of nitrogens with one attached hydrogen (secondary N) is 2. The molecule has 0 saturated carbocycles. The summed E-state index contributed by atoms with van der Waals surface area (Å²) < 4.78 is 5.54. The van der Waals surface area contributed by atoms with Gasteiger partial charge in [-0.3, -0.25) is 15.6 Å². The lowest BCUT2D eigenvalue weighted by Gasteiger charge is -2.20. The average molecular weight is 472 g/mol. The highest BCUT2D eigenvalue weighted by atomic mass is 35.5. The number of nitrogens with zero attached hydrogens (tertiary/aromatic N) is 1. The summed E-state index contributed by atoms with van der Waals surface area (Å²) in [6, 6.07) is 5.31. The number of benzene rings is 1. The Bertz CT molecular complexity index is 953. The molecule has 1 aliphatic rings. The number of ether oxygens (including phenoxy) is 1. The third-order valence-corrected chi connectivity index (χ3v) is 6.51. The molecule has 0 saturated heterocycles. The third-order valence-electron chi connectivity index (χ3n) is 3.90. The Morgan fingerprint density at radius 3 is 2.59 bits per heavy atom. The van der Waals surface area contributed by atoms with Crippen molar-refractivity contribution < 1.29 is 14.6 Å². The topological polar surface area (TPSA) is 83.5 Å². The number of aliphatic carboxylic acids is 1. The molecule has 1 aromatic heterocycles. The average Bonchev–Trinajstić information content (AvgIpc) is 3.08. The molecular weight excluding hydrogens is 453 g/mol. The largest absolute Gasteiger partial charge is 0.480 e. The molecule has 1 aromatic carbocycles. The Balaban J connectivity index is 1.52. The normalized spacial score (nSPS) is 13.8. The van der Waals surface area contributed by atoms with Crippen LogP contribution in [0, 0.1) is 0 Å². The van der Waals surface area contributed by atoms with E-state index in [-0.39, 0.29) is 0 Å². The van der Waals surface area contributed by atoms with E-state index in [1.54, 1.807) is 19.9 Å². The number of hydrogen-bond donors (Lipinski definition) is 3. The molecule has 2 heterocycles. The van der Waals surface area contributed by atoms with Crippen molar-refractivity contribution >= 4 is 58.0 Å². The van der Waals surface area contributed by atoms with Crippen LogP contribution in [0.5, 0.6) is 0 Å². The van der Waals surface area contributed by atoms with E-state index in [0.717, 1.165) is 21.3 Å². The summed E-state index contributed by atoms with van der Waals surface area (Å²) in [5.74, 6) is -0.281. The number of aromatic nitrogens is 1. The molecule has 6 nitrogen and oxygen atoms in total. The van der Waals surface area contributed by atoms with Crippen LogP contribution in [0.4, 0.5) is 0 Å². The Labute approximate surface area is 186 Å². The second-order valence-corrected chi connectivity index (χ2v) is 10.2. The number of carbonyl (C=O) groups is 1. The van der Waals surface area contributed by atoms with E-state index in [1.165, 1.54) is 23.1 Å². The molecule has 2 aromatic rings. The summed E-state index contributed by atoms with van der Waals surface area (Å²) in [5.41, 5.74) is 8.60. The molecule has 1 aliphatic heterocycles. The second-order valence-electron chi connectivity index (χ2n) is 6.64. The number of carboxylic acid groups (broad SMARTS) is 1. The molecule has 0 fully saturated rings. The second kappa shape index (κ2) is 9.30. The third kappa shape index (κ3) is 6.05. The molecule has 0 atom stereocenters. The summed E-state index contributed by atoms with van der Waals surface area (Å²) in [4.78, 5) is 15.7. The first-order valence-corrected chi connectivity index (χ1v) is 11.1. The zero-order valence-corrected chi connectivity index (χ0v) is 18.8. The van der Waals surface area contributed by atoms with Gasteiger partial charge in [0.25, 0.3) is 0 Å². The van der Waals surface area contributed by atoms with Gasteiger partial charge in [0.1, 0.15) is 4.75 Å². The SMILES string of the molecule is CC(C)(Sc1nc(CCOC2=CC=C(c3cc(Cl)cc(Cl)c3)NN2)cs1)C(=O)O. The summed E-state index contributed by atoms with van der Waals surface area (Å²) in [6.07, 6.45) is 4.31. The van der Waals surface area contributed by atoms with E-state index < -0.39 is 10.7 Å². The first kappa shape index (κ1) is 21.8. The van der Waals surface area contributed by atoms with Gasteiger partial charge in [0, 0.05) is 33.5 Å². The quantitative estimate of drug-likeness (QED) is 0.469. The lowest BCUT2D eigenvalue weighted by atomic mass is 10.1. The van der Waals surface area contributed by atoms with E-state index in [0.29, 0.717) is 29.0 Å². The molecule has 0 spiro atoms. The number of halogens is 2. The standard InChI is InChI=1S/C19H19Cl2N3O3S2/c1-19(2,17(25)26)29-18-22-14(10-28-18)5-6-27-16-4-3-15(23-24-16)11-7-12(20)9-13(21)8-11/h3-4,7-10,23-24H,5-6H2,1-2H3,(H,25,26). The van der Waals surface area contributed by atoms with Crippen LogP contribution in [0.15, 0.2) is 46.0 Å². The molecule has 3 rings (SSSR count). The fourth-order valence-electron chi connectivity index (χ4n) is 2.31. The van der Waals surface area contributed by atoms with E-state index in [9.17, 15) is 9.90 Å². The van der Waals surface area contributed by atoms with Crippen LogP contribution in [0.25, 0.3) is 5.70 Å². The Kier molecular flexibility index (Phi) is 7.00. The lowest BCUT2D eigenvalue weighted by Crippen LogP contribution is -2.33. The van der Waals surface area contributed by atoms with Crippen LogP contribution in [-0.4, -0.2) is 27.4 Å². The Morgan fingerprint density at radius 1 is 1.24 bits per heavy atom. The number of hydrogen-bond acceptors (Lipinski definition) is 7. The van der Waals surface area contributed by atoms with Gasteiger partial charge in [0.05, 0.1) is 18.0 Å². The van der Waals surface area contributed by atoms with Crippen molar-refractivity contribution in [3.63, 3.8) is 0 Å². The lowest BCUT2D eigenvalue weighted by molar-refractivity contribution is -0.138. The molecule has 0 unspecified atom stereocenters. The van der Waals surface area contributed by atoms with Gasteiger partial charge in [0.2, 0.25) is 5.88 Å². The fraction of sp³-hybridized carbons (Fsp3) is 0.263. The number of carboxylic acids is 1. The van der Waals surface area contributed by atoms with Crippen LogP contribution in [0.3, 0.4) is 0 Å². The Hall–Kier alpha value is -1.87. The molecule has 0 amide bonds. The van der Waals surface area contributed by atoms with Gasteiger partial charge < -0.3 is 9.84 Å². The van der Waals surface area contributed by atoms with Crippen molar-refractivity contribution in [3.05, 3.63) is 62.9 Å². The predicted octanol–water partition coefficient (Wildman–Crippen LogP) is 4.95. The summed E-state index contributed by atoms with van der Waals surface area (Å²) in [6.45, 7) is 3.76. The molecule has 0 aliphatic carbocycles. The first-order chi connectivity index (χ1) is 13.7. The van der Waals surface area contributed by atoms with Gasteiger partial charge in [-0.05, 0) is 38.1 Å². The van der Waals surface area contributed by atoms with E-state index in [1.807, 2.05) is 29.7 Å². The zero-order valence-electron chi connectivity index (χ0n) is 15.7. The maximum Gasteiger partial charge on any atom is 0.319 e. The van der Waals surface area contributed by atoms with Gasteiger partial charge in [-0.15, -0.1) is 11.3 Å². The number of allylic oxidation sites excluding steroid dienone is 2. The highest BCUT2D eigenvalue weighted by Crippen LogP contribution is 2.34. The van der Waals surface area contributed by atoms with Gasteiger partial charge in [-0.2, -0.15) is 0 Å². The van der Waals surface area contributed by atoms with Crippen molar-refractivity contribution in [3.8, 4) is 0 Å². The number of hydrazine groups is 1. The number of thioether (sulfide) groups is 1. The summed E-state index contributed by atoms with van der Waals surface area (Å²) in [7, 11) is 0. The highest BCUT2D eigenvalue weighted by Gasteiger charge is 2.29. The Morgan fingerprint density at radius 2 is 1.97 bits per heavy atom. The zero-order chi connectivity index (χ0) is 21.0. The number of rotatable bonds is 8. The molecule has 10 heteroatoms. The van der Waals surface area contributed by atoms with Crippen LogP contribution in [0.1, 0.15) is 25.1 Å². The van der Waals surface area contributed by atoms with Crippen molar-refractivity contribution in [2.75, 3.05) is 6.61 Å². The minimum Gasteiger partial charge on any atom is -0.480 e. The van der Waals surface area contributed by atoms with Gasteiger partial charge >= 0.3 is 5.97 Å². The molecular formula is C19H19Cl2N3O3S2. The highest BCUT2D eigenvalue weighted by molar-refractivity contribution is 8.02. The van der Waals surface area contributed by atoms with Crippen LogP contribution < -0.4 is 10.9 Å². The minimum absolute atomic E-state index is 0.433. The van der Waals surface area contributed by atoms with Crippen molar-refractivity contribution in [1.29, 1.82) is 0 Å². The van der Waals surface area contributed by atoms with Crippen LogP contribution in [0.2, 0.25) is 10.0 Å². The van der Waals surface area contributed by atoms with Crippen LogP contribution >= 0.6 is 46.3 Å². The smallest absolute Gasteiger partial charge is 0.319 e. The molecule has 154 valence electrons. The number of thiazole rings is 1. The monoisotopic (exact) mass is 471 g/mol. The van der Waals surface area contributed by atoms with Gasteiger partial charge in [-0.1, -0.05) is 35.0 Å². The molecule has 29 heavy (non-hydrogen) atoms. The maximum atomic E-state index is 11.2. The van der Waals surface area contributed by atoms with E-state index in [2.05, 4.69) is 15.8 Å². The van der Waals surface area contributed by atoms with Crippen molar-refractivity contribution in [2.45, 2.75) is 29.4 Å². The first-order valence-electron chi connectivity index (χ1n) is 8.63. The van der Waals surface area contributed by atoms with Crippen molar-refractivity contribution in [2.24, 2.45) is 0 Å². The van der Waals surface area contributed by atoms with E-state index >= 15 is 0 Å². The molecule has 0 bridgehead atoms. The van der Waals surface area contributed by atoms with Crippen molar-refractivity contribution in [1.82, 2.24) is 15.8 Å². The summed E-state index contributed by atoms with van der Waals surface area (Å²) >= 11 is 14.8. The van der Waals surface area contributed by atoms with Crippen LogP contribution in [-0.2, 0) is 16.0 Å². The molecule has 3 N–H and O–H groups in total. The minimum atomic E-state index is -0.911. The predicted molar refractivity (Wildman–Crippen MR) is 118 cm³/mol. The maximum absolute atomic E-state index is 11.2. The molecule has 0 radical (unpaired) electrons. The summed E-state index contributed by atoms with van der Waals surface area (Å²) in [5, 5.41) is 12.3. The van der Waals surface area contributed by atoms with E-state index in [4.69, 9.17) is 27.9 Å². The fourth-order valence-corrected chi connectivity index (χ4v) is 5.06.